The summed E-state index contributed by atoms with van der Waals surface area (Å²) in [6.07, 6.45) is 2.40. The third-order valence-electron chi connectivity index (χ3n) is 5.77. The molecule has 1 heterocycles. The van der Waals surface area contributed by atoms with Crippen LogP contribution in [0, 0.1) is 5.92 Å². The molecule has 34 heavy (non-hydrogen) atoms. The minimum Gasteiger partial charge on any atom is -0.493 e. The summed E-state index contributed by atoms with van der Waals surface area (Å²) in [7, 11) is 4.57. The Morgan fingerprint density at radius 2 is 1.59 bits per heavy atom. The molecule has 0 spiro atoms. The molecule has 8 nitrogen and oxygen atoms in total. The summed E-state index contributed by atoms with van der Waals surface area (Å²) in [4.78, 5) is 25.7. The van der Waals surface area contributed by atoms with Crippen LogP contribution in [0.15, 0.2) is 29.8 Å². The van der Waals surface area contributed by atoms with E-state index in [2.05, 4.69) is 0 Å². The summed E-state index contributed by atoms with van der Waals surface area (Å²) < 4.78 is 33.5. The Morgan fingerprint density at radius 1 is 0.971 bits per heavy atom. The Bertz CT molecular complexity index is 1130. The van der Waals surface area contributed by atoms with Crippen LogP contribution < -0.4 is 23.7 Å². The standard InChI is InChI=1S/C26H28O8/c1-26(2,3)34-25(28)23-16(12-27)7-14-8-18-19(33-13-32-18)11-17(14)22(23)15-9-20(29-4)24(31-6)21(10-15)30-5/h7-12,22-23H,13H2,1-6H3/t22-,23+/m1/s1. The van der Waals surface area contributed by atoms with E-state index in [1.807, 2.05) is 12.1 Å². The van der Waals surface area contributed by atoms with Crippen LogP contribution in [0.1, 0.15) is 43.4 Å². The third kappa shape index (κ3) is 4.16. The van der Waals surface area contributed by atoms with Crippen LogP contribution in [-0.2, 0) is 14.3 Å². The van der Waals surface area contributed by atoms with Crippen molar-refractivity contribution in [2.24, 2.45) is 5.92 Å². The zero-order valence-corrected chi connectivity index (χ0v) is 20.1. The summed E-state index contributed by atoms with van der Waals surface area (Å²) in [6, 6.07) is 7.23. The largest absolute Gasteiger partial charge is 0.493 e. The first-order chi connectivity index (χ1) is 16.2. The molecule has 0 unspecified atom stereocenters. The fourth-order valence-electron chi connectivity index (χ4n) is 4.41. The Kier molecular flexibility index (Phi) is 6.17. The molecule has 2 aromatic rings. The Labute approximate surface area is 198 Å². The highest BCUT2D eigenvalue weighted by molar-refractivity contribution is 5.95. The van der Waals surface area contributed by atoms with E-state index in [9.17, 15) is 9.59 Å². The zero-order valence-electron chi connectivity index (χ0n) is 20.1. The van der Waals surface area contributed by atoms with Crippen molar-refractivity contribution in [1.82, 2.24) is 0 Å². The van der Waals surface area contributed by atoms with Crippen LogP contribution in [0.2, 0.25) is 0 Å². The summed E-state index contributed by atoms with van der Waals surface area (Å²) in [5, 5.41) is 0. The van der Waals surface area contributed by atoms with Gasteiger partial charge >= 0.3 is 5.97 Å². The second-order valence-electron chi connectivity index (χ2n) is 9.04. The molecule has 0 bridgehead atoms. The van der Waals surface area contributed by atoms with E-state index < -0.39 is 23.4 Å². The van der Waals surface area contributed by atoms with Crippen LogP contribution in [0.4, 0.5) is 0 Å². The molecule has 0 aromatic heterocycles. The molecule has 0 saturated carbocycles. The van der Waals surface area contributed by atoms with Gasteiger partial charge in [0.25, 0.3) is 0 Å². The van der Waals surface area contributed by atoms with Crippen molar-refractivity contribution in [1.29, 1.82) is 0 Å². The highest BCUT2D eigenvalue weighted by Crippen LogP contribution is 2.50. The van der Waals surface area contributed by atoms with Gasteiger partial charge in [-0.2, -0.15) is 0 Å². The quantitative estimate of drug-likeness (QED) is 0.462. The molecule has 2 aliphatic rings. The molecular weight excluding hydrogens is 440 g/mol. The van der Waals surface area contributed by atoms with Crippen LogP contribution in [0.5, 0.6) is 28.7 Å². The molecule has 2 atom stereocenters. The molecule has 2 aromatic carbocycles. The molecular formula is C26H28O8. The smallest absolute Gasteiger partial charge is 0.315 e. The lowest BCUT2D eigenvalue weighted by Crippen LogP contribution is -2.35. The van der Waals surface area contributed by atoms with E-state index in [-0.39, 0.29) is 6.79 Å². The van der Waals surface area contributed by atoms with E-state index >= 15 is 0 Å². The molecule has 1 aliphatic carbocycles. The van der Waals surface area contributed by atoms with E-state index in [1.165, 1.54) is 21.3 Å². The number of ether oxygens (including phenoxy) is 6. The summed E-state index contributed by atoms with van der Waals surface area (Å²) >= 11 is 0. The van der Waals surface area contributed by atoms with E-state index in [0.717, 1.165) is 11.1 Å². The van der Waals surface area contributed by atoms with Gasteiger partial charge in [0.05, 0.1) is 27.2 Å². The van der Waals surface area contributed by atoms with Crippen molar-refractivity contribution in [3.05, 3.63) is 46.5 Å². The van der Waals surface area contributed by atoms with Gasteiger partial charge in [-0.05, 0) is 67.8 Å². The first-order valence-electron chi connectivity index (χ1n) is 10.8. The fourth-order valence-corrected chi connectivity index (χ4v) is 4.41. The van der Waals surface area contributed by atoms with Crippen molar-refractivity contribution >= 4 is 18.3 Å². The van der Waals surface area contributed by atoms with Gasteiger partial charge in [-0.25, -0.2) is 0 Å². The summed E-state index contributed by atoms with van der Waals surface area (Å²) in [5.41, 5.74) is 1.81. The number of rotatable bonds is 6. The lowest BCUT2D eigenvalue weighted by Gasteiger charge is -2.34. The number of carbonyl (C=O) groups excluding carboxylic acids is 2. The molecule has 180 valence electrons. The van der Waals surface area contributed by atoms with E-state index in [4.69, 9.17) is 28.4 Å². The van der Waals surface area contributed by atoms with Crippen LogP contribution in [0.25, 0.3) is 6.08 Å². The maximum atomic E-state index is 13.5. The molecule has 4 rings (SSSR count). The zero-order chi connectivity index (χ0) is 24.6. The maximum Gasteiger partial charge on any atom is 0.315 e. The second-order valence-corrected chi connectivity index (χ2v) is 9.04. The van der Waals surface area contributed by atoms with Crippen LogP contribution in [-0.4, -0.2) is 46.0 Å². The highest BCUT2D eigenvalue weighted by Gasteiger charge is 2.42. The average molecular weight is 469 g/mol. The second kappa shape index (κ2) is 8.93. The van der Waals surface area contributed by atoms with Crippen molar-refractivity contribution in [2.75, 3.05) is 28.1 Å². The molecule has 0 fully saturated rings. The third-order valence-corrected chi connectivity index (χ3v) is 5.77. The molecule has 8 heteroatoms. The lowest BCUT2D eigenvalue weighted by molar-refractivity contribution is -0.159. The van der Waals surface area contributed by atoms with Crippen molar-refractivity contribution in [2.45, 2.75) is 32.3 Å². The van der Waals surface area contributed by atoms with E-state index in [0.29, 0.717) is 46.2 Å². The SMILES string of the molecule is COc1cc([C@@H]2c3cc4c(cc3C=C(C=O)[C@@H]2C(=O)OC(C)(C)C)OCO4)cc(OC)c1OC. The van der Waals surface area contributed by atoms with Crippen molar-refractivity contribution in [3.8, 4) is 28.7 Å². The Hall–Kier alpha value is -3.68. The predicted molar refractivity (Wildman–Crippen MR) is 124 cm³/mol. The number of carbonyl (C=O) groups is 2. The molecule has 1 aliphatic heterocycles. The van der Waals surface area contributed by atoms with Gasteiger partial charge in [0.15, 0.2) is 23.0 Å². The molecule has 0 N–H and O–H groups in total. The average Bonchev–Trinajstić information content (AvgIpc) is 3.26. The first kappa shape index (κ1) is 23.5. The first-order valence-corrected chi connectivity index (χ1v) is 10.8. The van der Waals surface area contributed by atoms with Crippen LogP contribution >= 0.6 is 0 Å². The van der Waals surface area contributed by atoms with E-state index in [1.54, 1.807) is 39.0 Å². The molecule has 0 amide bonds. The minimum atomic E-state index is -0.896. The van der Waals surface area contributed by atoms with Crippen molar-refractivity contribution in [3.63, 3.8) is 0 Å². The number of esters is 1. The number of hydrogen-bond donors (Lipinski definition) is 0. The van der Waals surface area contributed by atoms with Gasteiger partial charge in [0, 0.05) is 11.5 Å². The molecule has 0 radical (unpaired) electrons. The predicted octanol–water partition coefficient (Wildman–Crippen LogP) is 4.13. The minimum absolute atomic E-state index is 0.104. The summed E-state index contributed by atoms with van der Waals surface area (Å²) in [5.74, 6) is 0.462. The van der Waals surface area contributed by atoms with Gasteiger partial charge in [-0.3, -0.25) is 9.59 Å². The van der Waals surface area contributed by atoms with Crippen LogP contribution in [0.3, 0.4) is 0 Å². The topological polar surface area (TPSA) is 89.5 Å². The number of methoxy groups -OCH3 is 3. The number of aldehydes is 1. The lowest BCUT2D eigenvalue weighted by atomic mass is 9.71. The number of benzene rings is 2. The number of hydrogen-bond acceptors (Lipinski definition) is 8. The molecule has 0 saturated heterocycles. The summed E-state index contributed by atoms with van der Waals surface area (Å²) in [6.45, 7) is 5.47. The van der Waals surface area contributed by atoms with Gasteiger partial charge in [-0.1, -0.05) is 0 Å². The maximum absolute atomic E-state index is 13.5. The number of fused-ring (bicyclic) bond motifs is 2. The van der Waals surface area contributed by atoms with Gasteiger partial charge in [-0.15, -0.1) is 0 Å². The van der Waals surface area contributed by atoms with Gasteiger partial charge < -0.3 is 28.4 Å². The fraction of sp³-hybridized carbons (Fsp3) is 0.385. The van der Waals surface area contributed by atoms with Crippen molar-refractivity contribution < 1.29 is 38.0 Å². The van der Waals surface area contributed by atoms with Gasteiger partial charge in [0.1, 0.15) is 11.9 Å². The van der Waals surface area contributed by atoms with Gasteiger partial charge in [0.2, 0.25) is 12.5 Å². The normalized spacial score (nSPS) is 18.5. The monoisotopic (exact) mass is 468 g/mol. The Morgan fingerprint density at radius 3 is 2.12 bits per heavy atom. The highest BCUT2D eigenvalue weighted by atomic mass is 16.7. The Balaban J connectivity index is 1.97.